The lowest BCUT2D eigenvalue weighted by atomic mass is 10.3. The number of para-hydroxylation sites is 1. The van der Waals surface area contributed by atoms with E-state index >= 15 is 0 Å². The van der Waals surface area contributed by atoms with Crippen molar-refractivity contribution < 1.29 is 13.2 Å². The van der Waals surface area contributed by atoms with Crippen molar-refractivity contribution in [3.63, 3.8) is 0 Å². The Balaban J connectivity index is 1.87. The lowest BCUT2D eigenvalue weighted by Crippen LogP contribution is -2.26. The summed E-state index contributed by atoms with van der Waals surface area (Å²) in [5, 5.41) is 6.79. The molecule has 0 unspecified atom stereocenters. The normalized spacial score (nSPS) is 11.2. The van der Waals surface area contributed by atoms with Crippen LogP contribution < -0.4 is 15.6 Å². The van der Waals surface area contributed by atoms with Crippen LogP contribution in [0.4, 0.5) is 11.4 Å². The molecule has 3 aromatic rings. The van der Waals surface area contributed by atoms with Gasteiger partial charge in [0.1, 0.15) is 10.6 Å². The Labute approximate surface area is 188 Å². The van der Waals surface area contributed by atoms with Crippen LogP contribution in [0, 0.1) is 0 Å². The number of nitrogens with one attached hydrogen (secondary N) is 2. The maximum absolute atomic E-state index is 12.8. The number of hydrogen-bond donors (Lipinski definition) is 2. The van der Waals surface area contributed by atoms with Crippen LogP contribution in [0.3, 0.4) is 0 Å². The lowest BCUT2D eigenvalue weighted by Gasteiger charge is -2.13. The fourth-order valence-corrected chi connectivity index (χ4v) is 4.51. The van der Waals surface area contributed by atoms with Crippen LogP contribution >= 0.6 is 23.2 Å². The van der Waals surface area contributed by atoms with Gasteiger partial charge in [0.05, 0.1) is 15.7 Å². The number of amides is 1. The van der Waals surface area contributed by atoms with Crippen molar-refractivity contribution in [2.45, 2.75) is 24.8 Å². The highest BCUT2D eigenvalue weighted by Gasteiger charge is 2.21. The quantitative estimate of drug-likeness (QED) is 0.530. The van der Waals surface area contributed by atoms with Crippen LogP contribution in [0.2, 0.25) is 10.0 Å². The molecule has 11 heteroatoms. The number of sulfonamides is 1. The second-order valence-electron chi connectivity index (χ2n) is 6.46. The highest BCUT2D eigenvalue weighted by molar-refractivity contribution is 7.92. The van der Waals surface area contributed by atoms with E-state index in [1.807, 2.05) is 6.92 Å². The summed E-state index contributed by atoms with van der Waals surface area (Å²) in [5.74, 6) is -0.602. The summed E-state index contributed by atoms with van der Waals surface area (Å²) in [6, 6.07) is 12.9. The Kier molecular flexibility index (Phi) is 6.99. The first kappa shape index (κ1) is 22.8. The highest BCUT2D eigenvalue weighted by atomic mass is 35.5. The molecule has 0 spiro atoms. The Morgan fingerprint density at radius 2 is 1.81 bits per heavy atom. The number of halogens is 2. The van der Waals surface area contributed by atoms with Crippen molar-refractivity contribution >= 4 is 50.5 Å². The molecular formula is C20H18Cl2N4O4S. The number of rotatable bonds is 7. The number of benzene rings is 2. The van der Waals surface area contributed by atoms with Gasteiger partial charge in [0, 0.05) is 18.3 Å². The molecule has 0 atom stereocenters. The molecule has 0 saturated carbocycles. The summed E-state index contributed by atoms with van der Waals surface area (Å²) >= 11 is 12.1. The summed E-state index contributed by atoms with van der Waals surface area (Å²) in [4.78, 5) is 24.1. The van der Waals surface area contributed by atoms with Gasteiger partial charge in [-0.15, -0.1) is 0 Å². The van der Waals surface area contributed by atoms with Crippen molar-refractivity contribution in [3.8, 4) is 0 Å². The third kappa shape index (κ3) is 5.43. The zero-order chi connectivity index (χ0) is 22.6. The number of carbonyl (C=O) groups is 1. The van der Waals surface area contributed by atoms with Crippen molar-refractivity contribution in [3.05, 3.63) is 80.7 Å². The van der Waals surface area contributed by atoms with Crippen molar-refractivity contribution in [1.82, 2.24) is 9.78 Å². The van der Waals surface area contributed by atoms with E-state index in [1.54, 1.807) is 18.2 Å². The van der Waals surface area contributed by atoms with E-state index in [0.29, 0.717) is 13.0 Å². The van der Waals surface area contributed by atoms with Gasteiger partial charge in [0.15, 0.2) is 0 Å². The maximum Gasteiger partial charge on any atom is 0.276 e. The number of hydrogen-bond acceptors (Lipinski definition) is 5. The average Bonchev–Trinajstić information content (AvgIpc) is 2.72. The van der Waals surface area contributed by atoms with E-state index in [4.69, 9.17) is 23.2 Å². The standard InChI is InChI=1S/C20H18Cl2N4O4S/c1-2-11-26-19(27)10-9-17(24-26)20(28)23-13-7-8-15(22)18(12-13)31(29,30)25-16-6-4-3-5-14(16)21/h3-10,12,25H,2,11H2,1H3,(H,23,28). The molecule has 2 N–H and O–H groups in total. The predicted molar refractivity (Wildman–Crippen MR) is 120 cm³/mol. The highest BCUT2D eigenvalue weighted by Crippen LogP contribution is 2.29. The molecule has 31 heavy (non-hydrogen) atoms. The van der Waals surface area contributed by atoms with E-state index in [2.05, 4.69) is 15.1 Å². The van der Waals surface area contributed by atoms with Crippen LogP contribution in [0.1, 0.15) is 23.8 Å². The number of aromatic nitrogens is 2. The monoisotopic (exact) mass is 480 g/mol. The fraction of sp³-hybridized carbons (Fsp3) is 0.150. The third-order valence-corrected chi connectivity index (χ3v) is 6.31. The van der Waals surface area contributed by atoms with Gasteiger partial charge in [-0.25, -0.2) is 13.1 Å². The van der Waals surface area contributed by atoms with Crippen molar-refractivity contribution in [2.24, 2.45) is 0 Å². The van der Waals surface area contributed by atoms with E-state index in [1.165, 1.54) is 41.1 Å². The van der Waals surface area contributed by atoms with Crippen LogP contribution in [-0.4, -0.2) is 24.1 Å². The molecule has 1 heterocycles. The maximum atomic E-state index is 12.8. The number of nitrogens with zero attached hydrogens (tertiary/aromatic N) is 2. The van der Waals surface area contributed by atoms with Gasteiger partial charge in [-0.05, 0) is 42.8 Å². The number of aryl methyl sites for hydroxylation is 1. The van der Waals surface area contributed by atoms with Crippen LogP contribution in [-0.2, 0) is 16.6 Å². The number of anilines is 2. The molecule has 2 aromatic carbocycles. The molecular weight excluding hydrogens is 463 g/mol. The van der Waals surface area contributed by atoms with Gasteiger partial charge >= 0.3 is 0 Å². The second kappa shape index (κ2) is 9.51. The first-order valence-electron chi connectivity index (χ1n) is 9.17. The Morgan fingerprint density at radius 1 is 1.06 bits per heavy atom. The Bertz CT molecular complexity index is 1290. The van der Waals surface area contributed by atoms with Gasteiger partial charge in [-0.3, -0.25) is 14.3 Å². The zero-order valence-electron chi connectivity index (χ0n) is 16.3. The molecule has 0 bridgehead atoms. The predicted octanol–water partition coefficient (Wildman–Crippen LogP) is 4.01. The van der Waals surface area contributed by atoms with Crippen molar-refractivity contribution in [2.75, 3.05) is 10.0 Å². The van der Waals surface area contributed by atoms with Crippen LogP contribution in [0.5, 0.6) is 0 Å². The van der Waals surface area contributed by atoms with Crippen molar-refractivity contribution in [1.29, 1.82) is 0 Å². The third-order valence-electron chi connectivity index (χ3n) is 4.13. The first-order chi connectivity index (χ1) is 14.7. The second-order valence-corrected chi connectivity index (χ2v) is 8.93. The molecule has 0 aliphatic carbocycles. The molecule has 3 rings (SSSR count). The van der Waals surface area contributed by atoms with Gasteiger partial charge in [0.25, 0.3) is 21.5 Å². The SMILES string of the molecule is CCCn1nc(C(=O)Nc2ccc(Cl)c(S(=O)(=O)Nc3ccccc3Cl)c2)ccc1=O. The molecule has 1 amide bonds. The van der Waals surface area contributed by atoms with E-state index in [-0.39, 0.29) is 37.6 Å². The Morgan fingerprint density at radius 3 is 2.52 bits per heavy atom. The minimum atomic E-state index is -4.09. The van der Waals surface area contributed by atoms with Gasteiger partial charge in [0.2, 0.25) is 0 Å². The summed E-state index contributed by atoms with van der Waals surface area (Å²) in [6.07, 6.45) is 0.675. The molecule has 0 aliphatic rings. The smallest absolute Gasteiger partial charge is 0.276 e. The zero-order valence-corrected chi connectivity index (χ0v) is 18.6. The average molecular weight is 481 g/mol. The minimum Gasteiger partial charge on any atom is -0.321 e. The largest absolute Gasteiger partial charge is 0.321 e. The molecule has 0 aliphatic heterocycles. The van der Waals surface area contributed by atoms with Crippen LogP contribution in [0.25, 0.3) is 0 Å². The number of carbonyl (C=O) groups excluding carboxylic acids is 1. The molecule has 162 valence electrons. The molecule has 1 aromatic heterocycles. The molecule has 8 nitrogen and oxygen atoms in total. The topological polar surface area (TPSA) is 110 Å². The van der Waals surface area contributed by atoms with Gasteiger partial charge in [-0.2, -0.15) is 5.10 Å². The van der Waals surface area contributed by atoms with Gasteiger partial charge < -0.3 is 5.32 Å². The first-order valence-corrected chi connectivity index (χ1v) is 11.4. The summed E-state index contributed by atoms with van der Waals surface area (Å²) < 4.78 is 29.2. The fourth-order valence-electron chi connectivity index (χ4n) is 2.67. The molecule has 0 saturated heterocycles. The van der Waals surface area contributed by atoms with E-state index in [0.717, 1.165) is 0 Å². The minimum absolute atomic E-state index is 0.0154. The van der Waals surface area contributed by atoms with E-state index in [9.17, 15) is 18.0 Å². The molecule has 0 radical (unpaired) electrons. The summed E-state index contributed by atoms with van der Waals surface area (Å²) in [5.41, 5.74) is 0.0755. The molecule has 0 fully saturated rings. The van der Waals surface area contributed by atoms with Crippen LogP contribution in [0.15, 0.2) is 64.3 Å². The summed E-state index contributed by atoms with van der Waals surface area (Å²) in [7, 11) is -4.09. The van der Waals surface area contributed by atoms with E-state index < -0.39 is 15.9 Å². The summed E-state index contributed by atoms with van der Waals surface area (Å²) in [6.45, 7) is 2.25. The lowest BCUT2D eigenvalue weighted by molar-refractivity contribution is 0.101. The van der Waals surface area contributed by atoms with Gasteiger partial charge in [-0.1, -0.05) is 42.3 Å². The Hall–Kier alpha value is -2.88.